The Kier molecular flexibility index (Phi) is 3.33. The summed E-state index contributed by atoms with van der Waals surface area (Å²) in [5.74, 6) is 1.19. The van der Waals surface area contributed by atoms with Crippen LogP contribution in [0.1, 0.15) is 25.7 Å². The second kappa shape index (κ2) is 4.75. The molecule has 1 aliphatic rings. The third-order valence-corrected chi connectivity index (χ3v) is 3.19. The van der Waals surface area contributed by atoms with Crippen LogP contribution in [0, 0.1) is 0 Å². The molecule has 0 saturated heterocycles. The lowest BCUT2D eigenvalue weighted by molar-refractivity contribution is 0.213. The van der Waals surface area contributed by atoms with Gasteiger partial charge in [0.05, 0.1) is 19.3 Å². The van der Waals surface area contributed by atoms with Crippen molar-refractivity contribution in [3.05, 3.63) is 6.07 Å². The number of anilines is 2. The molecule has 6 heteroatoms. The second-order valence-corrected chi connectivity index (χ2v) is 4.42. The average molecular weight is 238 g/mol. The van der Waals surface area contributed by atoms with Crippen LogP contribution in [0.15, 0.2) is 6.07 Å². The molecule has 0 aliphatic heterocycles. The van der Waals surface area contributed by atoms with E-state index in [0.717, 1.165) is 25.7 Å². The summed E-state index contributed by atoms with van der Waals surface area (Å²) in [6, 6.07) is 1.69. The molecule has 1 aromatic heterocycles. The number of rotatable bonds is 4. The van der Waals surface area contributed by atoms with Crippen molar-refractivity contribution in [2.75, 3.05) is 24.8 Å². The molecule has 0 atom stereocenters. The highest BCUT2D eigenvalue weighted by Gasteiger charge is 2.33. The Hall–Kier alpha value is -1.56. The molecule has 2 rings (SSSR count). The van der Waals surface area contributed by atoms with Crippen LogP contribution in [0.4, 0.5) is 11.8 Å². The molecule has 0 radical (unpaired) electrons. The van der Waals surface area contributed by atoms with Crippen molar-refractivity contribution in [1.82, 2.24) is 9.97 Å². The zero-order valence-corrected chi connectivity index (χ0v) is 9.94. The molecule has 94 valence electrons. The number of methoxy groups -OCH3 is 1. The largest absolute Gasteiger partial charge is 0.481 e. The predicted molar refractivity (Wildman–Crippen MR) is 64.9 cm³/mol. The van der Waals surface area contributed by atoms with Gasteiger partial charge < -0.3 is 20.9 Å². The van der Waals surface area contributed by atoms with E-state index in [-0.39, 0.29) is 18.1 Å². The molecule has 1 aromatic rings. The maximum Gasteiger partial charge on any atom is 0.225 e. The standard InChI is InChI=1S/C11H18N4O2/c1-17-9-6-8(13-10(12)14-9)15-11(7-16)4-2-3-5-11/h6,16H,2-5,7H2,1H3,(H3,12,13,14,15). The summed E-state index contributed by atoms with van der Waals surface area (Å²) in [5.41, 5.74) is 5.32. The summed E-state index contributed by atoms with van der Waals surface area (Å²) in [6.45, 7) is 0.0965. The molecule has 1 fully saturated rings. The van der Waals surface area contributed by atoms with Gasteiger partial charge in [-0.05, 0) is 12.8 Å². The Morgan fingerprint density at radius 2 is 2.18 bits per heavy atom. The third-order valence-electron chi connectivity index (χ3n) is 3.19. The molecule has 1 aliphatic carbocycles. The third kappa shape index (κ3) is 2.58. The maximum atomic E-state index is 9.51. The first-order valence-corrected chi connectivity index (χ1v) is 5.75. The molecule has 0 bridgehead atoms. The van der Waals surface area contributed by atoms with Crippen LogP contribution >= 0.6 is 0 Å². The monoisotopic (exact) mass is 238 g/mol. The molecule has 0 aromatic carbocycles. The van der Waals surface area contributed by atoms with Gasteiger partial charge in [-0.25, -0.2) is 0 Å². The first-order valence-electron chi connectivity index (χ1n) is 5.75. The molecule has 0 spiro atoms. The number of nitrogens with two attached hydrogens (primary N) is 1. The number of aliphatic hydroxyl groups excluding tert-OH is 1. The summed E-state index contributed by atoms with van der Waals surface area (Å²) >= 11 is 0. The van der Waals surface area contributed by atoms with E-state index in [4.69, 9.17) is 10.5 Å². The Bertz CT molecular complexity index is 391. The SMILES string of the molecule is COc1cc(NC2(CO)CCCC2)nc(N)n1. The minimum absolute atomic E-state index is 0.0965. The summed E-state index contributed by atoms with van der Waals surface area (Å²) in [4.78, 5) is 8.02. The fourth-order valence-electron chi connectivity index (χ4n) is 2.26. The van der Waals surface area contributed by atoms with Crippen LogP contribution < -0.4 is 15.8 Å². The number of hydrogen-bond donors (Lipinski definition) is 3. The summed E-state index contributed by atoms with van der Waals surface area (Å²) in [7, 11) is 1.53. The molecular formula is C11H18N4O2. The van der Waals surface area contributed by atoms with Crippen LogP contribution in [0.2, 0.25) is 0 Å². The van der Waals surface area contributed by atoms with Gasteiger partial charge in [-0.1, -0.05) is 12.8 Å². The van der Waals surface area contributed by atoms with Gasteiger partial charge in [-0.2, -0.15) is 9.97 Å². The van der Waals surface area contributed by atoms with Crippen molar-refractivity contribution in [2.45, 2.75) is 31.2 Å². The van der Waals surface area contributed by atoms with E-state index in [1.807, 2.05) is 0 Å². The lowest BCUT2D eigenvalue weighted by Gasteiger charge is -2.28. The van der Waals surface area contributed by atoms with Crippen LogP contribution in [-0.4, -0.2) is 34.3 Å². The normalized spacial score (nSPS) is 18.0. The Morgan fingerprint density at radius 1 is 1.47 bits per heavy atom. The van der Waals surface area contributed by atoms with Crippen molar-refractivity contribution in [2.24, 2.45) is 0 Å². The molecule has 0 amide bonds. The Labute approximate surface area is 100 Å². The number of aliphatic hydroxyl groups is 1. The van der Waals surface area contributed by atoms with Gasteiger partial charge >= 0.3 is 0 Å². The molecule has 1 saturated carbocycles. The van der Waals surface area contributed by atoms with Gasteiger partial charge in [0.2, 0.25) is 11.8 Å². The van der Waals surface area contributed by atoms with Crippen molar-refractivity contribution >= 4 is 11.8 Å². The van der Waals surface area contributed by atoms with Gasteiger partial charge in [0, 0.05) is 6.07 Å². The van der Waals surface area contributed by atoms with Gasteiger partial charge in [-0.3, -0.25) is 0 Å². The zero-order chi connectivity index (χ0) is 12.3. The fourth-order valence-corrected chi connectivity index (χ4v) is 2.26. The van der Waals surface area contributed by atoms with Gasteiger partial charge in [0.25, 0.3) is 0 Å². The van der Waals surface area contributed by atoms with E-state index in [9.17, 15) is 5.11 Å². The minimum atomic E-state index is -0.272. The number of nitrogens with one attached hydrogen (secondary N) is 1. The van der Waals surface area contributed by atoms with Gasteiger partial charge in [0.1, 0.15) is 5.82 Å². The van der Waals surface area contributed by atoms with Crippen molar-refractivity contribution < 1.29 is 9.84 Å². The quantitative estimate of drug-likeness (QED) is 0.718. The van der Waals surface area contributed by atoms with E-state index in [1.165, 1.54) is 7.11 Å². The first-order chi connectivity index (χ1) is 8.17. The summed E-state index contributed by atoms with van der Waals surface area (Å²) in [5, 5.41) is 12.8. The van der Waals surface area contributed by atoms with Gasteiger partial charge in [0.15, 0.2) is 0 Å². The highest BCUT2D eigenvalue weighted by molar-refractivity contribution is 5.45. The summed E-state index contributed by atoms with van der Waals surface area (Å²) in [6.07, 6.45) is 4.11. The highest BCUT2D eigenvalue weighted by atomic mass is 16.5. The van der Waals surface area contributed by atoms with E-state index >= 15 is 0 Å². The molecular weight excluding hydrogens is 220 g/mol. The lowest BCUT2D eigenvalue weighted by Crippen LogP contribution is -2.39. The van der Waals surface area contributed by atoms with Crippen LogP contribution in [-0.2, 0) is 0 Å². The van der Waals surface area contributed by atoms with Gasteiger partial charge in [-0.15, -0.1) is 0 Å². The van der Waals surface area contributed by atoms with Crippen molar-refractivity contribution in [1.29, 1.82) is 0 Å². The fraction of sp³-hybridized carbons (Fsp3) is 0.636. The van der Waals surface area contributed by atoms with Crippen LogP contribution in [0.5, 0.6) is 5.88 Å². The minimum Gasteiger partial charge on any atom is -0.481 e. The molecule has 0 unspecified atom stereocenters. The highest BCUT2D eigenvalue weighted by Crippen LogP contribution is 2.32. The van der Waals surface area contributed by atoms with E-state index < -0.39 is 0 Å². The Balaban J connectivity index is 2.19. The smallest absolute Gasteiger partial charge is 0.225 e. The van der Waals surface area contributed by atoms with Crippen LogP contribution in [0.25, 0.3) is 0 Å². The van der Waals surface area contributed by atoms with E-state index in [1.54, 1.807) is 6.07 Å². The first kappa shape index (κ1) is 11.9. The molecule has 6 nitrogen and oxygen atoms in total. The van der Waals surface area contributed by atoms with Crippen LogP contribution in [0.3, 0.4) is 0 Å². The number of aromatic nitrogens is 2. The van der Waals surface area contributed by atoms with E-state index in [0.29, 0.717) is 11.7 Å². The zero-order valence-electron chi connectivity index (χ0n) is 9.94. The Morgan fingerprint density at radius 3 is 2.76 bits per heavy atom. The number of nitrogen functional groups attached to an aromatic ring is 1. The number of hydrogen-bond acceptors (Lipinski definition) is 6. The summed E-state index contributed by atoms with van der Waals surface area (Å²) < 4.78 is 5.03. The number of ether oxygens (including phenoxy) is 1. The van der Waals surface area contributed by atoms with Crippen molar-refractivity contribution in [3.63, 3.8) is 0 Å². The lowest BCUT2D eigenvalue weighted by atomic mass is 9.99. The predicted octanol–water partition coefficient (Wildman–Crippen LogP) is 0.784. The van der Waals surface area contributed by atoms with E-state index in [2.05, 4.69) is 15.3 Å². The average Bonchev–Trinajstić information content (AvgIpc) is 2.77. The molecule has 17 heavy (non-hydrogen) atoms. The number of nitrogens with zero attached hydrogens (tertiary/aromatic N) is 2. The molecule has 4 N–H and O–H groups in total. The van der Waals surface area contributed by atoms with Crippen molar-refractivity contribution in [3.8, 4) is 5.88 Å². The maximum absolute atomic E-state index is 9.51. The molecule has 1 heterocycles. The topological polar surface area (TPSA) is 93.3 Å². The second-order valence-electron chi connectivity index (χ2n) is 4.42.